The number of fused-ring (bicyclic) bond motifs is 1. The minimum atomic E-state index is 0.897. The summed E-state index contributed by atoms with van der Waals surface area (Å²) in [5.41, 5.74) is 1.80. The minimum absolute atomic E-state index is 0.897. The maximum Gasteiger partial charge on any atom is -0.0171 e. The Kier molecular flexibility index (Phi) is 5.53. The maximum absolute atomic E-state index is 2.49. The van der Waals surface area contributed by atoms with Crippen LogP contribution in [-0.2, 0) is 0 Å². The topological polar surface area (TPSA) is 0 Å². The number of hydrogen-bond acceptors (Lipinski definition) is 0. The Bertz CT molecular complexity index is 297. The highest BCUT2D eigenvalue weighted by Crippen LogP contribution is 2.45. The third-order valence-electron chi connectivity index (χ3n) is 4.96. The second-order valence-corrected chi connectivity index (χ2v) is 6.39. The Morgan fingerprint density at radius 1 is 1.22 bits per heavy atom. The van der Waals surface area contributed by atoms with Crippen LogP contribution in [0, 0.1) is 17.8 Å². The highest BCUT2D eigenvalue weighted by Gasteiger charge is 2.34. The van der Waals surface area contributed by atoms with Crippen LogP contribution in [-0.4, -0.2) is 0 Å². The van der Waals surface area contributed by atoms with Crippen molar-refractivity contribution in [3.63, 3.8) is 0 Å². The summed E-state index contributed by atoms with van der Waals surface area (Å²) in [5, 5.41) is 0. The molecule has 2 aliphatic rings. The summed E-state index contributed by atoms with van der Waals surface area (Å²) in [6.07, 6.45) is 19.8. The summed E-state index contributed by atoms with van der Waals surface area (Å²) < 4.78 is 0. The molecule has 0 aliphatic heterocycles. The van der Waals surface area contributed by atoms with Crippen molar-refractivity contribution in [3.8, 4) is 0 Å². The van der Waals surface area contributed by atoms with Crippen molar-refractivity contribution >= 4 is 0 Å². The van der Waals surface area contributed by atoms with E-state index in [0.717, 1.165) is 17.8 Å². The van der Waals surface area contributed by atoms with Crippen LogP contribution in [0.15, 0.2) is 23.8 Å². The molecule has 0 radical (unpaired) electrons. The van der Waals surface area contributed by atoms with E-state index in [0.29, 0.717) is 0 Å². The molecule has 0 spiro atoms. The third kappa shape index (κ3) is 3.49. The van der Waals surface area contributed by atoms with E-state index in [-0.39, 0.29) is 0 Å². The lowest BCUT2D eigenvalue weighted by atomic mass is 9.86. The van der Waals surface area contributed by atoms with Crippen molar-refractivity contribution in [2.75, 3.05) is 0 Å². The van der Waals surface area contributed by atoms with Gasteiger partial charge in [-0.25, -0.2) is 0 Å². The smallest absolute Gasteiger partial charge is 0.0171 e. The fraction of sp³-hybridized carbons (Fsp3) is 0.778. The molecule has 1 fully saturated rings. The molecular weight excluding hydrogens is 216 g/mol. The van der Waals surface area contributed by atoms with Crippen LogP contribution in [0.2, 0.25) is 0 Å². The molecule has 18 heavy (non-hydrogen) atoms. The molecule has 0 heterocycles. The second kappa shape index (κ2) is 7.16. The lowest BCUT2D eigenvalue weighted by Crippen LogP contribution is -2.07. The Labute approximate surface area is 114 Å². The Morgan fingerprint density at radius 2 is 2.11 bits per heavy atom. The summed E-state index contributed by atoms with van der Waals surface area (Å²) in [4.78, 5) is 0. The normalized spacial score (nSPS) is 34.8. The fourth-order valence-corrected chi connectivity index (χ4v) is 3.90. The highest BCUT2D eigenvalue weighted by molar-refractivity contribution is 5.23. The van der Waals surface area contributed by atoms with Gasteiger partial charge in [-0.05, 0) is 49.9 Å². The van der Waals surface area contributed by atoms with Gasteiger partial charge in [0, 0.05) is 0 Å². The predicted molar refractivity (Wildman–Crippen MR) is 80.6 cm³/mol. The molecule has 3 atom stereocenters. The Hall–Kier alpha value is -0.520. The highest BCUT2D eigenvalue weighted by atomic mass is 14.4. The average molecular weight is 246 g/mol. The van der Waals surface area contributed by atoms with Gasteiger partial charge < -0.3 is 0 Å². The molecule has 0 aromatic carbocycles. The molecule has 2 rings (SSSR count). The number of rotatable bonds is 3. The van der Waals surface area contributed by atoms with Gasteiger partial charge in [0.05, 0.1) is 0 Å². The zero-order valence-electron chi connectivity index (χ0n) is 12.3. The van der Waals surface area contributed by atoms with Crippen LogP contribution in [0.4, 0.5) is 0 Å². The van der Waals surface area contributed by atoms with Crippen LogP contribution in [0.25, 0.3) is 0 Å². The molecule has 1 saturated carbocycles. The van der Waals surface area contributed by atoms with Gasteiger partial charge in [-0.15, -0.1) is 0 Å². The molecule has 0 aromatic rings. The average Bonchev–Trinajstić information content (AvgIpc) is 2.68. The summed E-state index contributed by atoms with van der Waals surface area (Å²) in [7, 11) is 0. The molecule has 0 N–H and O–H groups in total. The lowest BCUT2D eigenvalue weighted by molar-refractivity contribution is 0.406. The van der Waals surface area contributed by atoms with Gasteiger partial charge in [-0.2, -0.15) is 0 Å². The minimum Gasteiger partial charge on any atom is -0.0845 e. The number of hydrogen-bond donors (Lipinski definition) is 0. The summed E-state index contributed by atoms with van der Waals surface area (Å²) in [6.45, 7) is 4.80. The second-order valence-electron chi connectivity index (χ2n) is 6.39. The summed E-state index contributed by atoms with van der Waals surface area (Å²) in [5.74, 6) is 2.72. The van der Waals surface area contributed by atoms with E-state index >= 15 is 0 Å². The van der Waals surface area contributed by atoms with Crippen molar-refractivity contribution in [1.82, 2.24) is 0 Å². The van der Waals surface area contributed by atoms with Crippen LogP contribution in [0.3, 0.4) is 0 Å². The van der Waals surface area contributed by atoms with Crippen molar-refractivity contribution in [3.05, 3.63) is 23.8 Å². The van der Waals surface area contributed by atoms with E-state index < -0.39 is 0 Å². The first-order valence-electron chi connectivity index (χ1n) is 8.19. The molecule has 0 aromatic heterocycles. The first kappa shape index (κ1) is 13.9. The van der Waals surface area contributed by atoms with E-state index in [1.807, 2.05) is 0 Å². The molecule has 3 unspecified atom stereocenters. The van der Waals surface area contributed by atoms with Gasteiger partial charge in [-0.1, -0.05) is 63.3 Å². The first-order valence-corrected chi connectivity index (χ1v) is 8.19. The van der Waals surface area contributed by atoms with Crippen LogP contribution in [0.1, 0.15) is 71.6 Å². The van der Waals surface area contributed by atoms with Gasteiger partial charge in [0.25, 0.3) is 0 Å². The zero-order valence-corrected chi connectivity index (χ0v) is 12.3. The van der Waals surface area contributed by atoms with Crippen LogP contribution >= 0.6 is 0 Å². The summed E-state index contributed by atoms with van der Waals surface area (Å²) in [6, 6.07) is 0. The van der Waals surface area contributed by atoms with E-state index in [2.05, 4.69) is 32.1 Å². The van der Waals surface area contributed by atoms with Gasteiger partial charge >= 0.3 is 0 Å². The first-order chi connectivity index (χ1) is 8.83. The molecule has 0 bridgehead atoms. The zero-order chi connectivity index (χ0) is 12.8. The monoisotopic (exact) mass is 246 g/mol. The Balaban J connectivity index is 2.10. The van der Waals surface area contributed by atoms with Gasteiger partial charge in [0.15, 0.2) is 0 Å². The van der Waals surface area contributed by atoms with Crippen LogP contribution < -0.4 is 0 Å². The SMILES string of the molecule is CCCCC1CC(C)C2CCCCC/C=C/C=C12. The molecule has 102 valence electrons. The van der Waals surface area contributed by atoms with E-state index in [1.54, 1.807) is 5.57 Å². The molecule has 0 saturated heterocycles. The van der Waals surface area contributed by atoms with E-state index in [9.17, 15) is 0 Å². The molecule has 2 aliphatic carbocycles. The summed E-state index contributed by atoms with van der Waals surface area (Å²) >= 11 is 0. The van der Waals surface area contributed by atoms with Gasteiger partial charge in [-0.3, -0.25) is 0 Å². The molecule has 0 amide bonds. The maximum atomic E-state index is 2.49. The Morgan fingerprint density at radius 3 is 2.94 bits per heavy atom. The molecule has 0 heteroatoms. The third-order valence-corrected chi connectivity index (χ3v) is 4.96. The van der Waals surface area contributed by atoms with Crippen LogP contribution in [0.5, 0.6) is 0 Å². The fourth-order valence-electron chi connectivity index (χ4n) is 3.90. The van der Waals surface area contributed by atoms with Crippen molar-refractivity contribution < 1.29 is 0 Å². The number of allylic oxidation sites excluding steroid dienone is 4. The predicted octanol–water partition coefficient (Wildman–Crippen LogP) is 5.90. The van der Waals surface area contributed by atoms with Crippen molar-refractivity contribution in [1.29, 1.82) is 0 Å². The largest absolute Gasteiger partial charge is 0.0845 e. The van der Waals surface area contributed by atoms with Crippen molar-refractivity contribution in [2.45, 2.75) is 71.6 Å². The molecular formula is C18H30. The van der Waals surface area contributed by atoms with E-state index in [1.165, 1.54) is 57.8 Å². The van der Waals surface area contributed by atoms with Gasteiger partial charge in [0.1, 0.15) is 0 Å². The van der Waals surface area contributed by atoms with Crippen molar-refractivity contribution in [2.24, 2.45) is 17.8 Å². The van der Waals surface area contributed by atoms with Gasteiger partial charge in [0.2, 0.25) is 0 Å². The molecule has 0 nitrogen and oxygen atoms in total. The number of unbranched alkanes of at least 4 members (excludes halogenated alkanes) is 1. The lowest BCUT2D eigenvalue weighted by Gasteiger charge is -2.19. The standard InChI is InChI=1S/C18H30/c1-3-4-11-16-14-15(2)17-12-9-7-5-6-8-10-13-18(16)17/h8,10,13,15-17H,3-7,9,11-12,14H2,1-2H3/b10-8+,18-13?. The van der Waals surface area contributed by atoms with E-state index in [4.69, 9.17) is 0 Å². The quantitative estimate of drug-likeness (QED) is 0.582.